The van der Waals surface area contributed by atoms with E-state index in [-0.39, 0.29) is 12.5 Å². The molecule has 1 amide bonds. The molecule has 1 aromatic rings. The number of aliphatic hydroxyl groups is 1. The van der Waals surface area contributed by atoms with Crippen molar-refractivity contribution in [3.63, 3.8) is 0 Å². The molecule has 1 atom stereocenters. The zero-order chi connectivity index (χ0) is 14.3. The van der Waals surface area contributed by atoms with Gasteiger partial charge in [0.1, 0.15) is 5.60 Å². The molecule has 0 aromatic carbocycles. The third-order valence-electron chi connectivity index (χ3n) is 2.70. The Hall–Kier alpha value is -0.910. The number of ether oxygens (including phenoxy) is 1. The molecule has 5 heteroatoms. The van der Waals surface area contributed by atoms with Gasteiger partial charge in [0.05, 0.1) is 13.2 Å². The first-order valence-corrected chi connectivity index (χ1v) is 7.45. The van der Waals surface area contributed by atoms with E-state index in [1.165, 1.54) is 11.3 Å². The smallest absolute Gasteiger partial charge is 0.222 e. The molecule has 0 saturated carbocycles. The highest BCUT2D eigenvalue weighted by atomic mass is 32.1. The van der Waals surface area contributed by atoms with Gasteiger partial charge in [0, 0.05) is 13.0 Å². The van der Waals surface area contributed by atoms with E-state index in [9.17, 15) is 9.90 Å². The van der Waals surface area contributed by atoms with Crippen molar-refractivity contribution < 1.29 is 14.6 Å². The van der Waals surface area contributed by atoms with E-state index in [1.54, 1.807) is 6.92 Å². The first kappa shape index (κ1) is 16.1. The average Bonchev–Trinajstić information content (AvgIpc) is 2.86. The van der Waals surface area contributed by atoms with Crippen molar-refractivity contribution in [1.82, 2.24) is 5.32 Å². The highest BCUT2D eigenvalue weighted by molar-refractivity contribution is 7.08. The summed E-state index contributed by atoms with van der Waals surface area (Å²) >= 11 is 1.53. The Morgan fingerprint density at radius 2 is 2.32 bits per heavy atom. The summed E-state index contributed by atoms with van der Waals surface area (Å²) in [7, 11) is 0. The van der Waals surface area contributed by atoms with Crippen LogP contribution in [0.3, 0.4) is 0 Å². The van der Waals surface area contributed by atoms with Gasteiger partial charge in [-0.3, -0.25) is 4.79 Å². The van der Waals surface area contributed by atoms with E-state index in [1.807, 2.05) is 16.8 Å². The molecule has 0 radical (unpaired) electrons. The van der Waals surface area contributed by atoms with Gasteiger partial charge in [-0.05, 0) is 35.2 Å². The number of carbonyl (C=O) groups excluding carboxylic acids is 1. The fraction of sp³-hybridized carbons (Fsp3) is 0.643. The maximum atomic E-state index is 11.6. The lowest BCUT2D eigenvalue weighted by atomic mass is 9.99. The highest BCUT2D eigenvalue weighted by Gasteiger charge is 2.23. The van der Waals surface area contributed by atoms with Crippen LogP contribution in [0.15, 0.2) is 16.8 Å². The van der Waals surface area contributed by atoms with Gasteiger partial charge in [0.25, 0.3) is 0 Å². The molecule has 1 heterocycles. The van der Waals surface area contributed by atoms with Crippen LogP contribution in [0.2, 0.25) is 0 Å². The summed E-state index contributed by atoms with van der Waals surface area (Å²) in [5, 5.41) is 16.8. The Morgan fingerprint density at radius 1 is 1.58 bits per heavy atom. The zero-order valence-corrected chi connectivity index (χ0v) is 12.6. The SMILES string of the molecule is CC(C)COCCC(=O)NCC(C)(O)c1ccsc1. The maximum absolute atomic E-state index is 11.6. The molecule has 0 bridgehead atoms. The minimum Gasteiger partial charge on any atom is -0.384 e. The van der Waals surface area contributed by atoms with Crippen molar-refractivity contribution >= 4 is 17.2 Å². The monoisotopic (exact) mass is 285 g/mol. The molecule has 19 heavy (non-hydrogen) atoms. The second kappa shape index (κ2) is 7.62. The van der Waals surface area contributed by atoms with Crippen molar-refractivity contribution in [2.75, 3.05) is 19.8 Å². The zero-order valence-electron chi connectivity index (χ0n) is 11.8. The van der Waals surface area contributed by atoms with Crippen LogP contribution in [0.1, 0.15) is 32.8 Å². The number of thiophene rings is 1. The summed E-state index contributed by atoms with van der Waals surface area (Å²) in [6.45, 7) is 7.14. The van der Waals surface area contributed by atoms with Crippen LogP contribution in [0.25, 0.3) is 0 Å². The molecule has 0 aliphatic carbocycles. The molecule has 2 N–H and O–H groups in total. The summed E-state index contributed by atoms with van der Waals surface area (Å²) in [5.41, 5.74) is -0.192. The lowest BCUT2D eigenvalue weighted by Gasteiger charge is -2.22. The topological polar surface area (TPSA) is 58.6 Å². The number of nitrogens with one attached hydrogen (secondary N) is 1. The van der Waals surface area contributed by atoms with E-state index in [0.29, 0.717) is 25.6 Å². The van der Waals surface area contributed by atoms with Crippen LogP contribution in [0.5, 0.6) is 0 Å². The molecule has 0 saturated heterocycles. The summed E-state index contributed by atoms with van der Waals surface area (Å²) in [4.78, 5) is 11.6. The molecule has 0 spiro atoms. The van der Waals surface area contributed by atoms with Crippen molar-refractivity contribution in [3.05, 3.63) is 22.4 Å². The van der Waals surface area contributed by atoms with Gasteiger partial charge < -0.3 is 15.2 Å². The molecular formula is C14H23NO3S. The predicted octanol–water partition coefficient (Wildman–Crippen LogP) is 2.13. The van der Waals surface area contributed by atoms with E-state index in [4.69, 9.17) is 4.74 Å². The van der Waals surface area contributed by atoms with Gasteiger partial charge in [-0.2, -0.15) is 11.3 Å². The molecule has 1 rings (SSSR count). The number of rotatable bonds is 8. The van der Waals surface area contributed by atoms with Crippen LogP contribution >= 0.6 is 11.3 Å². The largest absolute Gasteiger partial charge is 0.384 e. The number of carbonyl (C=O) groups is 1. The normalized spacial score (nSPS) is 14.4. The first-order chi connectivity index (χ1) is 8.92. The van der Waals surface area contributed by atoms with E-state index >= 15 is 0 Å². The van der Waals surface area contributed by atoms with Crippen molar-refractivity contribution in [2.45, 2.75) is 32.8 Å². The Bertz CT molecular complexity index is 374. The fourth-order valence-corrected chi connectivity index (χ4v) is 2.30. The third kappa shape index (κ3) is 6.18. The molecule has 1 aromatic heterocycles. The van der Waals surface area contributed by atoms with Crippen LogP contribution < -0.4 is 5.32 Å². The van der Waals surface area contributed by atoms with Gasteiger partial charge in [0.2, 0.25) is 5.91 Å². The molecule has 0 aliphatic heterocycles. The highest BCUT2D eigenvalue weighted by Crippen LogP contribution is 2.21. The summed E-state index contributed by atoms with van der Waals surface area (Å²) < 4.78 is 5.35. The van der Waals surface area contributed by atoms with Crippen molar-refractivity contribution in [3.8, 4) is 0 Å². The maximum Gasteiger partial charge on any atom is 0.222 e. The third-order valence-corrected chi connectivity index (χ3v) is 3.38. The Labute approximate surface area is 118 Å². The van der Waals surface area contributed by atoms with Gasteiger partial charge in [-0.15, -0.1) is 0 Å². The Balaban J connectivity index is 2.23. The van der Waals surface area contributed by atoms with E-state index < -0.39 is 5.60 Å². The van der Waals surface area contributed by atoms with Gasteiger partial charge >= 0.3 is 0 Å². The van der Waals surface area contributed by atoms with Gasteiger partial charge in [-0.1, -0.05) is 13.8 Å². The minimum absolute atomic E-state index is 0.0979. The predicted molar refractivity (Wildman–Crippen MR) is 77.2 cm³/mol. The quantitative estimate of drug-likeness (QED) is 0.719. The number of hydrogen-bond donors (Lipinski definition) is 2. The van der Waals surface area contributed by atoms with E-state index in [0.717, 1.165) is 5.56 Å². The van der Waals surface area contributed by atoms with Gasteiger partial charge in [0.15, 0.2) is 0 Å². The van der Waals surface area contributed by atoms with Crippen LogP contribution in [0.4, 0.5) is 0 Å². The number of amides is 1. The molecule has 0 fully saturated rings. The average molecular weight is 285 g/mol. The lowest BCUT2D eigenvalue weighted by Crippen LogP contribution is -2.38. The molecule has 4 nitrogen and oxygen atoms in total. The summed E-state index contributed by atoms with van der Waals surface area (Å²) in [6, 6.07) is 1.86. The van der Waals surface area contributed by atoms with Crippen LogP contribution in [0, 0.1) is 5.92 Å². The fourth-order valence-electron chi connectivity index (χ4n) is 1.52. The molecular weight excluding hydrogens is 262 g/mol. The van der Waals surface area contributed by atoms with E-state index in [2.05, 4.69) is 19.2 Å². The van der Waals surface area contributed by atoms with Crippen molar-refractivity contribution in [2.24, 2.45) is 5.92 Å². The second-order valence-corrected chi connectivity index (χ2v) is 6.06. The molecule has 108 valence electrons. The van der Waals surface area contributed by atoms with Crippen LogP contribution in [-0.4, -0.2) is 30.8 Å². The first-order valence-electron chi connectivity index (χ1n) is 6.51. The second-order valence-electron chi connectivity index (χ2n) is 5.28. The molecule has 0 aliphatic rings. The molecule has 1 unspecified atom stereocenters. The van der Waals surface area contributed by atoms with Crippen LogP contribution in [-0.2, 0) is 15.1 Å². The number of hydrogen-bond acceptors (Lipinski definition) is 4. The summed E-state index contributed by atoms with van der Waals surface area (Å²) in [5.74, 6) is 0.377. The Morgan fingerprint density at radius 3 is 2.89 bits per heavy atom. The minimum atomic E-state index is -1.02. The van der Waals surface area contributed by atoms with Crippen molar-refractivity contribution in [1.29, 1.82) is 0 Å². The Kier molecular flexibility index (Phi) is 6.48. The van der Waals surface area contributed by atoms with Gasteiger partial charge in [-0.25, -0.2) is 0 Å². The summed E-state index contributed by atoms with van der Waals surface area (Å²) in [6.07, 6.45) is 0.326. The standard InChI is InChI=1S/C14H23NO3S/c1-11(2)8-18-6-4-13(16)15-10-14(3,17)12-5-7-19-9-12/h5,7,9,11,17H,4,6,8,10H2,1-3H3,(H,15,16). The lowest BCUT2D eigenvalue weighted by molar-refractivity contribution is -0.123.